The molecule has 0 aliphatic heterocycles. The van der Waals surface area contributed by atoms with Gasteiger partial charge in [0.2, 0.25) is 11.8 Å². The van der Waals surface area contributed by atoms with E-state index in [1.165, 1.54) is 0 Å². The van der Waals surface area contributed by atoms with Crippen molar-refractivity contribution in [1.82, 2.24) is 15.5 Å². The van der Waals surface area contributed by atoms with Crippen molar-refractivity contribution in [2.24, 2.45) is 5.92 Å². The topological polar surface area (TPSA) is 87.7 Å². The number of rotatable bonds is 11. The summed E-state index contributed by atoms with van der Waals surface area (Å²) in [7, 11) is 0. The van der Waals surface area contributed by atoms with Crippen LogP contribution < -0.4 is 10.6 Å². The summed E-state index contributed by atoms with van der Waals surface area (Å²) in [4.78, 5) is 43.5. The molecule has 0 bridgehead atoms. The molecule has 2 aromatic carbocycles. The predicted molar refractivity (Wildman–Crippen MR) is 165 cm³/mol. The molecule has 0 saturated heterocycles. The van der Waals surface area contributed by atoms with Gasteiger partial charge in [0.05, 0.1) is 0 Å². The number of carbonyl (C=O) groups is 3. The van der Waals surface area contributed by atoms with Gasteiger partial charge in [-0.15, -0.1) is 0 Å². The van der Waals surface area contributed by atoms with Gasteiger partial charge in [-0.1, -0.05) is 68.4 Å². The molecule has 3 atom stereocenters. The average molecular weight is 566 g/mol. The number of alkyl carbamates (subject to hydrolysis) is 1. The lowest BCUT2D eigenvalue weighted by molar-refractivity contribution is -0.145. The lowest BCUT2D eigenvalue weighted by atomic mass is 9.93. The monoisotopic (exact) mass is 565 g/mol. The van der Waals surface area contributed by atoms with Crippen LogP contribution in [0.4, 0.5) is 4.79 Å². The number of ether oxygens (including phenoxy) is 1. The van der Waals surface area contributed by atoms with Gasteiger partial charge in [-0.2, -0.15) is 0 Å². The van der Waals surface area contributed by atoms with E-state index in [0.717, 1.165) is 23.1 Å². The Morgan fingerprint density at radius 2 is 1.44 bits per heavy atom. The van der Waals surface area contributed by atoms with Crippen LogP contribution in [0.1, 0.15) is 97.9 Å². The molecule has 0 saturated carbocycles. The number of aryl methyl sites for hydroxylation is 1. The summed E-state index contributed by atoms with van der Waals surface area (Å²) < 4.78 is 5.55. The molecule has 3 amide bonds. The van der Waals surface area contributed by atoms with E-state index in [1.54, 1.807) is 25.7 Å². The molecule has 0 aliphatic carbocycles. The molecule has 2 N–H and O–H groups in total. The molecule has 0 aromatic heterocycles. The minimum Gasteiger partial charge on any atom is -0.444 e. The first-order valence-electron chi connectivity index (χ1n) is 14.7. The first kappa shape index (κ1) is 33.9. The maximum atomic E-state index is 14.7. The van der Waals surface area contributed by atoms with E-state index < -0.39 is 29.3 Å². The number of hydrogen-bond donors (Lipinski definition) is 2. The third-order valence-electron chi connectivity index (χ3n) is 6.67. The Hall–Kier alpha value is -3.35. The molecule has 2 rings (SSSR count). The van der Waals surface area contributed by atoms with Gasteiger partial charge < -0.3 is 20.3 Å². The van der Waals surface area contributed by atoms with Crippen molar-refractivity contribution in [3.63, 3.8) is 0 Å². The zero-order valence-corrected chi connectivity index (χ0v) is 26.7. The van der Waals surface area contributed by atoms with Crippen LogP contribution >= 0.6 is 0 Å². The molecular formula is C34H51N3O4. The largest absolute Gasteiger partial charge is 0.444 e. The van der Waals surface area contributed by atoms with Crippen LogP contribution in [-0.4, -0.2) is 46.0 Å². The Kier molecular flexibility index (Phi) is 12.0. The van der Waals surface area contributed by atoms with Gasteiger partial charge in [0.25, 0.3) is 0 Å². The summed E-state index contributed by atoms with van der Waals surface area (Å²) in [5, 5.41) is 5.96. The molecule has 2 aromatic rings. The van der Waals surface area contributed by atoms with Crippen molar-refractivity contribution in [1.29, 1.82) is 0 Å². The quantitative estimate of drug-likeness (QED) is 0.316. The molecule has 0 spiro atoms. The maximum Gasteiger partial charge on any atom is 0.408 e. The fourth-order valence-corrected chi connectivity index (χ4v) is 4.74. The Balaban J connectivity index is 2.67. The van der Waals surface area contributed by atoms with Crippen LogP contribution in [0.3, 0.4) is 0 Å². The number of carbonyl (C=O) groups excluding carboxylic acids is 3. The normalized spacial score (nSPS) is 14.1. The van der Waals surface area contributed by atoms with Crippen LogP contribution in [0, 0.1) is 12.8 Å². The predicted octanol–water partition coefficient (Wildman–Crippen LogP) is 6.74. The molecule has 0 aliphatic rings. The smallest absolute Gasteiger partial charge is 0.408 e. The fraction of sp³-hybridized carbons (Fsp3) is 0.559. The number of nitrogens with one attached hydrogen (secondary N) is 2. The highest BCUT2D eigenvalue weighted by molar-refractivity contribution is 5.93. The lowest BCUT2D eigenvalue weighted by Crippen LogP contribution is -2.57. The van der Waals surface area contributed by atoms with Crippen LogP contribution in [0.5, 0.6) is 0 Å². The summed E-state index contributed by atoms with van der Waals surface area (Å²) in [6.45, 7) is 19.4. The Morgan fingerprint density at radius 3 is 1.98 bits per heavy atom. The lowest BCUT2D eigenvalue weighted by Gasteiger charge is -2.40. The van der Waals surface area contributed by atoms with E-state index in [2.05, 4.69) is 24.5 Å². The standard InChI is InChI=1S/C34H51N3O4/c1-23(2)20-21-25(4)37(29(30(38)36-33(5,6)7)27-19-15-14-16-24(27)3)31(39)28(22-26-17-12-11-13-18-26)35-32(40)41-34(8,9)10/h11-19,23,25,28-29H,20-22H2,1-10H3,(H,35,40)(H,36,38). The van der Waals surface area contributed by atoms with E-state index in [0.29, 0.717) is 12.3 Å². The van der Waals surface area contributed by atoms with Crippen molar-refractivity contribution >= 4 is 17.9 Å². The molecule has 7 heteroatoms. The summed E-state index contributed by atoms with van der Waals surface area (Å²) in [5.41, 5.74) is 1.32. The van der Waals surface area contributed by atoms with Gasteiger partial charge in [0.15, 0.2) is 0 Å². The molecule has 0 fully saturated rings. The third kappa shape index (κ3) is 11.2. The van der Waals surface area contributed by atoms with Crippen molar-refractivity contribution < 1.29 is 19.1 Å². The minimum atomic E-state index is -0.942. The Labute approximate surface area is 247 Å². The van der Waals surface area contributed by atoms with Crippen LogP contribution in [0.2, 0.25) is 0 Å². The Morgan fingerprint density at radius 1 is 0.854 bits per heavy atom. The van der Waals surface area contributed by atoms with E-state index >= 15 is 0 Å². The van der Waals surface area contributed by atoms with Crippen molar-refractivity contribution in [3.8, 4) is 0 Å². The number of benzene rings is 2. The number of nitrogens with zero attached hydrogens (tertiary/aromatic N) is 1. The van der Waals surface area contributed by atoms with Gasteiger partial charge in [0.1, 0.15) is 17.7 Å². The highest BCUT2D eigenvalue weighted by Crippen LogP contribution is 2.30. The zero-order valence-electron chi connectivity index (χ0n) is 26.7. The van der Waals surface area contributed by atoms with Gasteiger partial charge in [-0.05, 0) is 90.8 Å². The number of amides is 3. The van der Waals surface area contributed by atoms with Crippen LogP contribution in [0.15, 0.2) is 54.6 Å². The number of hydrogen-bond acceptors (Lipinski definition) is 4. The first-order chi connectivity index (χ1) is 19.0. The van der Waals surface area contributed by atoms with Gasteiger partial charge in [-0.3, -0.25) is 9.59 Å². The molecular weight excluding hydrogens is 514 g/mol. The molecule has 0 radical (unpaired) electrons. The van der Waals surface area contributed by atoms with E-state index in [4.69, 9.17) is 4.74 Å². The highest BCUT2D eigenvalue weighted by atomic mass is 16.6. The summed E-state index contributed by atoms with van der Waals surface area (Å²) in [6, 6.07) is 15.1. The van der Waals surface area contributed by atoms with Gasteiger partial charge in [-0.25, -0.2) is 4.79 Å². The maximum absolute atomic E-state index is 14.7. The minimum absolute atomic E-state index is 0.257. The summed E-state index contributed by atoms with van der Waals surface area (Å²) in [6.07, 6.45) is 1.18. The van der Waals surface area contributed by atoms with Crippen molar-refractivity contribution in [2.45, 2.75) is 118 Å². The first-order valence-corrected chi connectivity index (χ1v) is 14.7. The highest BCUT2D eigenvalue weighted by Gasteiger charge is 2.40. The molecule has 3 unspecified atom stereocenters. The Bertz CT molecular complexity index is 1150. The second-order valence-electron chi connectivity index (χ2n) is 13.5. The van der Waals surface area contributed by atoms with Gasteiger partial charge in [0, 0.05) is 18.0 Å². The second-order valence-corrected chi connectivity index (χ2v) is 13.5. The third-order valence-corrected chi connectivity index (χ3v) is 6.67. The second kappa shape index (κ2) is 14.5. The van der Waals surface area contributed by atoms with Crippen LogP contribution in [0.25, 0.3) is 0 Å². The van der Waals surface area contributed by atoms with E-state index in [1.807, 2.05) is 89.2 Å². The molecule has 0 heterocycles. The van der Waals surface area contributed by atoms with E-state index in [9.17, 15) is 14.4 Å². The van der Waals surface area contributed by atoms with E-state index in [-0.39, 0.29) is 24.3 Å². The summed E-state index contributed by atoms with van der Waals surface area (Å²) >= 11 is 0. The van der Waals surface area contributed by atoms with Crippen molar-refractivity contribution in [2.75, 3.05) is 0 Å². The molecule has 226 valence electrons. The zero-order chi connectivity index (χ0) is 31.0. The fourth-order valence-electron chi connectivity index (χ4n) is 4.74. The van der Waals surface area contributed by atoms with Gasteiger partial charge >= 0.3 is 6.09 Å². The molecule has 41 heavy (non-hydrogen) atoms. The SMILES string of the molecule is Cc1ccccc1C(C(=O)NC(C)(C)C)N(C(=O)C(Cc1ccccc1)NC(=O)OC(C)(C)C)C(C)CCC(C)C. The summed E-state index contributed by atoms with van der Waals surface area (Å²) in [5.74, 6) is -0.157. The van der Waals surface area contributed by atoms with Crippen molar-refractivity contribution in [3.05, 3.63) is 71.3 Å². The van der Waals surface area contributed by atoms with Crippen LogP contribution in [-0.2, 0) is 20.7 Å². The average Bonchev–Trinajstić information content (AvgIpc) is 2.84. The molecule has 7 nitrogen and oxygen atoms in total.